The van der Waals surface area contributed by atoms with Crippen LogP contribution in [0.2, 0.25) is 0 Å². The number of likely N-dealkylation sites (N-methyl/N-ethyl adjacent to an activating group) is 1. The second-order valence-electron chi connectivity index (χ2n) is 7.46. The number of rotatable bonds is 5. The second-order valence-corrected chi connectivity index (χ2v) is 7.46. The van der Waals surface area contributed by atoms with Gasteiger partial charge < -0.3 is 15.1 Å². The molecule has 1 N–H and O–H groups in total. The first-order valence-corrected chi connectivity index (χ1v) is 10.1. The van der Waals surface area contributed by atoms with E-state index in [1.54, 1.807) is 9.13 Å². The Balaban J connectivity index is 1.57. The van der Waals surface area contributed by atoms with Gasteiger partial charge in [-0.25, -0.2) is 4.79 Å². The third kappa shape index (κ3) is 3.78. The van der Waals surface area contributed by atoms with Crippen LogP contribution < -0.4 is 15.9 Å². The van der Waals surface area contributed by atoms with Gasteiger partial charge in [0.15, 0.2) is 0 Å². The van der Waals surface area contributed by atoms with Crippen LogP contribution >= 0.6 is 0 Å². The molecule has 7 heteroatoms. The fraction of sp³-hybridized carbons (Fsp3) is 0.364. The van der Waals surface area contributed by atoms with Gasteiger partial charge in [0.25, 0.3) is 0 Å². The minimum atomic E-state index is -0.201. The number of fused-ring (bicyclic) bond motifs is 1. The maximum Gasteiger partial charge on any atom is 0.329 e. The van der Waals surface area contributed by atoms with E-state index >= 15 is 0 Å². The first-order valence-electron chi connectivity index (χ1n) is 10.1. The number of anilines is 2. The number of carbonyl (C=O) groups is 1. The number of benzene rings is 2. The van der Waals surface area contributed by atoms with Gasteiger partial charge in [-0.05, 0) is 38.2 Å². The van der Waals surface area contributed by atoms with Crippen molar-refractivity contribution in [2.75, 3.05) is 43.4 Å². The summed E-state index contributed by atoms with van der Waals surface area (Å²) in [5, 5.41) is 3.02. The topological polar surface area (TPSA) is 62.5 Å². The lowest BCUT2D eigenvalue weighted by Crippen LogP contribution is -2.44. The van der Waals surface area contributed by atoms with Gasteiger partial charge in [0.2, 0.25) is 5.91 Å². The Bertz CT molecular complexity index is 1080. The van der Waals surface area contributed by atoms with Gasteiger partial charge in [0.05, 0.1) is 22.4 Å². The van der Waals surface area contributed by atoms with Gasteiger partial charge >= 0.3 is 5.69 Å². The monoisotopic (exact) mass is 393 g/mol. The number of hydrogen-bond acceptors (Lipinski definition) is 4. The summed E-state index contributed by atoms with van der Waals surface area (Å²) in [7, 11) is 2.12. The summed E-state index contributed by atoms with van der Waals surface area (Å²) in [6.07, 6.45) is 0. The van der Waals surface area contributed by atoms with Crippen molar-refractivity contribution in [1.82, 2.24) is 14.0 Å². The highest BCUT2D eigenvalue weighted by Crippen LogP contribution is 2.26. The molecule has 152 valence electrons. The molecule has 1 aliphatic heterocycles. The van der Waals surface area contributed by atoms with Crippen LogP contribution in [0.4, 0.5) is 11.4 Å². The van der Waals surface area contributed by atoms with Gasteiger partial charge in [-0.1, -0.05) is 24.3 Å². The molecular weight excluding hydrogens is 366 g/mol. The Morgan fingerprint density at radius 1 is 0.931 bits per heavy atom. The van der Waals surface area contributed by atoms with Gasteiger partial charge in [-0.15, -0.1) is 0 Å². The van der Waals surface area contributed by atoms with Crippen molar-refractivity contribution in [3.05, 3.63) is 59.0 Å². The molecule has 0 radical (unpaired) electrons. The summed E-state index contributed by atoms with van der Waals surface area (Å²) in [4.78, 5) is 30.2. The molecule has 2 aromatic carbocycles. The molecule has 29 heavy (non-hydrogen) atoms. The fourth-order valence-electron chi connectivity index (χ4n) is 3.97. The van der Waals surface area contributed by atoms with Crippen molar-refractivity contribution in [2.24, 2.45) is 0 Å². The molecule has 1 fully saturated rings. The van der Waals surface area contributed by atoms with Crippen LogP contribution in [0.1, 0.15) is 6.92 Å². The molecule has 0 aliphatic carbocycles. The van der Waals surface area contributed by atoms with Crippen molar-refractivity contribution in [3.8, 4) is 0 Å². The zero-order valence-corrected chi connectivity index (χ0v) is 17.0. The van der Waals surface area contributed by atoms with Crippen molar-refractivity contribution in [1.29, 1.82) is 0 Å². The summed E-state index contributed by atoms with van der Waals surface area (Å²) in [6, 6.07) is 15.5. The number of amides is 1. The van der Waals surface area contributed by atoms with Crippen LogP contribution in [-0.2, 0) is 17.9 Å². The van der Waals surface area contributed by atoms with Crippen LogP contribution in [0, 0.1) is 0 Å². The standard InChI is InChI=1S/C22H27N5O2/c1-3-26-19-10-6-7-11-20(19)27(22(26)29)16-21(28)23-17-8-4-5-9-18(17)25-14-12-24(2)13-15-25/h4-11H,3,12-16H2,1-2H3,(H,23,28). The number of carbonyl (C=O) groups excluding carboxylic acids is 1. The molecule has 1 amide bonds. The number of piperazine rings is 1. The zero-order chi connectivity index (χ0) is 20.4. The Labute approximate surface area is 170 Å². The molecule has 0 bridgehead atoms. The van der Waals surface area contributed by atoms with Crippen LogP contribution in [0.25, 0.3) is 11.0 Å². The van der Waals surface area contributed by atoms with E-state index in [1.165, 1.54) is 0 Å². The molecule has 7 nitrogen and oxygen atoms in total. The lowest BCUT2D eigenvalue weighted by atomic mass is 10.2. The van der Waals surface area contributed by atoms with E-state index in [9.17, 15) is 9.59 Å². The van der Waals surface area contributed by atoms with E-state index in [1.807, 2.05) is 55.5 Å². The average Bonchev–Trinajstić information content (AvgIpc) is 3.00. The van der Waals surface area contributed by atoms with E-state index in [0.29, 0.717) is 6.54 Å². The number of nitrogens with zero attached hydrogens (tertiary/aromatic N) is 4. The van der Waals surface area contributed by atoms with Crippen LogP contribution in [0.3, 0.4) is 0 Å². The Morgan fingerprint density at radius 2 is 1.55 bits per heavy atom. The lowest BCUT2D eigenvalue weighted by Gasteiger charge is -2.35. The van der Waals surface area contributed by atoms with Crippen molar-refractivity contribution >= 4 is 28.3 Å². The summed E-state index contributed by atoms with van der Waals surface area (Å²) in [5.74, 6) is -0.201. The highest BCUT2D eigenvalue weighted by Gasteiger charge is 2.19. The quantitative estimate of drug-likeness (QED) is 0.722. The van der Waals surface area contributed by atoms with Crippen LogP contribution in [0.15, 0.2) is 53.3 Å². The highest BCUT2D eigenvalue weighted by atomic mass is 16.2. The molecule has 0 saturated carbocycles. The zero-order valence-electron chi connectivity index (χ0n) is 17.0. The van der Waals surface area contributed by atoms with Crippen molar-refractivity contribution in [2.45, 2.75) is 20.0 Å². The Kier molecular flexibility index (Phi) is 5.40. The molecule has 1 saturated heterocycles. The molecule has 0 unspecified atom stereocenters. The van der Waals surface area contributed by atoms with E-state index in [4.69, 9.17) is 0 Å². The summed E-state index contributed by atoms with van der Waals surface area (Å²) >= 11 is 0. The maximum absolute atomic E-state index is 12.9. The second kappa shape index (κ2) is 8.13. The molecule has 0 atom stereocenters. The third-order valence-corrected chi connectivity index (χ3v) is 5.57. The van der Waals surface area contributed by atoms with E-state index in [0.717, 1.165) is 48.6 Å². The predicted octanol–water partition coefficient (Wildman–Crippen LogP) is 2.21. The summed E-state index contributed by atoms with van der Waals surface area (Å²) < 4.78 is 3.24. The minimum absolute atomic E-state index is 0.0105. The summed E-state index contributed by atoms with van der Waals surface area (Å²) in [5.41, 5.74) is 3.29. The number of imidazole rings is 1. The fourth-order valence-corrected chi connectivity index (χ4v) is 3.97. The molecular formula is C22H27N5O2. The van der Waals surface area contributed by atoms with Gasteiger partial charge in [-0.2, -0.15) is 0 Å². The summed E-state index contributed by atoms with van der Waals surface area (Å²) in [6.45, 7) is 6.33. The number of aryl methyl sites for hydroxylation is 1. The first-order chi connectivity index (χ1) is 14.1. The van der Waals surface area contributed by atoms with E-state index < -0.39 is 0 Å². The molecule has 1 aromatic heterocycles. The minimum Gasteiger partial charge on any atom is -0.367 e. The predicted molar refractivity (Wildman–Crippen MR) is 117 cm³/mol. The Hall–Kier alpha value is -3.06. The van der Waals surface area contributed by atoms with Crippen molar-refractivity contribution in [3.63, 3.8) is 0 Å². The molecule has 4 rings (SSSR count). The molecule has 1 aliphatic rings. The average molecular weight is 393 g/mol. The molecule has 3 aromatic rings. The van der Waals surface area contributed by atoms with Crippen LogP contribution in [-0.4, -0.2) is 53.2 Å². The number of para-hydroxylation sites is 4. The molecule has 2 heterocycles. The van der Waals surface area contributed by atoms with Gasteiger partial charge in [0.1, 0.15) is 6.54 Å². The largest absolute Gasteiger partial charge is 0.367 e. The SMILES string of the molecule is CCn1c(=O)n(CC(=O)Nc2ccccc2N2CCN(C)CC2)c2ccccc21. The maximum atomic E-state index is 12.9. The normalized spacial score (nSPS) is 15.0. The molecule has 0 spiro atoms. The van der Waals surface area contributed by atoms with Crippen LogP contribution in [0.5, 0.6) is 0 Å². The van der Waals surface area contributed by atoms with Crippen molar-refractivity contribution < 1.29 is 4.79 Å². The number of nitrogens with one attached hydrogen (secondary N) is 1. The number of aromatic nitrogens is 2. The highest BCUT2D eigenvalue weighted by molar-refractivity contribution is 5.95. The number of hydrogen-bond donors (Lipinski definition) is 1. The lowest BCUT2D eigenvalue weighted by molar-refractivity contribution is -0.116. The van der Waals surface area contributed by atoms with Gasteiger partial charge in [-0.3, -0.25) is 13.9 Å². The first kappa shape index (κ1) is 19.3. The van der Waals surface area contributed by atoms with Gasteiger partial charge in [0, 0.05) is 32.7 Å². The third-order valence-electron chi connectivity index (χ3n) is 5.57. The Morgan fingerprint density at radius 3 is 2.24 bits per heavy atom. The van der Waals surface area contributed by atoms with E-state index in [2.05, 4.69) is 22.2 Å². The van der Waals surface area contributed by atoms with E-state index in [-0.39, 0.29) is 18.1 Å². The smallest absolute Gasteiger partial charge is 0.329 e.